The van der Waals surface area contributed by atoms with Crippen LogP contribution in [-0.2, 0) is 24.5 Å². The van der Waals surface area contributed by atoms with Gasteiger partial charge in [0.1, 0.15) is 10.9 Å². The Morgan fingerprint density at radius 3 is 2.35 bits per heavy atom. The van der Waals surface area contributed by atoms with Crippen molar-refractivity contribution < 1.29 is 40.9 Å². The number of carbonyl (C=O) groups is 3. The van der Waals surface area contributed by atoms with Gasteiger partial charge >= 0.3 is 22.1 Å². The number of anilines is 2. The summed E-state index contributed by atoms with van der Waals surface area (Å²) in [5, 5.41) is 14.7. The topological polar surface area (TPSA) is 194 Å². The van der Waals surface area contributed by atoms with E-state index in [0.717, 1.165) is 18.2 Å². The maximum absolute atomic E-state index is 15.1. The minimum Gasteiger partial charge on any atom is -0.478 e. The zero-order chi connectivity index (χ0) is 33.8. The molecule has 46 heavy (non-hydrogen) atoms. The molecule has 2 aromatic carbocycles. The SMILES string of the molecule is CC(C)(C)c1cc(C(=O)O)ccc1S(=O)(=O)OC(=O)[C@@H](N)CNC(=O)c1ccc(N2CCC(Nc3ncccn3)CC2)c(F)c1F. The van der Waals surface area contributed by atoms with Gasteiger partial charge in [-0.3, -0.25) is 4.79 Å². The van der Waals surface area contributed by atoms with Gasteiger partial charge in [-0.25, -0.2) is 28.3 Å². The lowest BCUT2D eigenvalue weighted by Gasteiger charge is -2.34. The number of nitrogens with two attached hydrogens (primary N) is 1. The molecule has 0 spiro atoms. The zero-order valence-corrected chi connectivity index (χ0v) is 26.1. The van der Waals surface area contributed by atoms with Crippen molar-refractivity contribution in [1.29, 1.82) is 0 Å². The van der Waals surface area contributed by atoms with E-state index in [9.17, 15) is 27.9 Å². The second kappa shape index (κ2) is 13.7. The molecule has 4 rings (SSSR count). The van der Waals surface area contributed by atoms with E-state index in [4.69, 9.17) is 5.73 Å². The van der Waals surface area contributed by atoms with Crippen LogP contribution in [0.2, 0.25) is 0 Å². The Kier molecular flexibility index (Phi) is 10.2. The van der Waals surface area contributed by atoms with Crippen LogP contribution in [0.4, 0.5) is 20.4 Å². The second-order valence-electron chi connectivity index (χ2n) is 11.7. The Morgan fingerprint density at radius 2 is 1.74 bits per heavy atom. The van der Waals surface area contributed by atoms with E-state index in [0.29, 0.717) is 31.9 Å². The number of nitrogens with zero attached hydrogens (tertiary/aromatic N) is 3. The molecule has 1 atom stereocenters. The molecule has 16 heteroatoms. The Bertz CT molecular complexity index is 1730. The van der Waals surface area contributed by atoms with Crippen molar-refractivity contribution in [3.05, 3.63) is 77.1 Å². The molecule has 1 fully saturated rings. The number of amides is 1. The van der Waals surface area contributed by atoms with Crippen LogP contribution < -0.4 is 21.3 Å². The van der Waals surface area contributed by atoms with E-state index in [-0.39, 0.29) is 22.9 Å². The molecule has 0 aliphatic carbocycles. The maximum Gasteiger partial charge on any atom is 0.342 e. The fraction of sp³-hybridized carbons (Fsp3) is 0.367. The summed E-state index contributed by atoms with van der Waals surface area (Å²) in [6, 6.07) is 5.67. The molecule has 1 saturated heterocycles. The van der Waals surface area contributed by atoms with Crippen LogP contribution in [0.5, 0.6) is 0 Å². The quantitative estimate of drug-likeness (QED) is 0.233. The molecule has 5 N–H and O–H groups in total. The average molecular weight is 661 g/mol. The standard InChI is InChI=1S/C30H34F2N6O7S/c1-30(2,3)20-15-17(27(40)41)5-8-23(20)46(43,44)45-28(42)21(33)16-36-26(39)19-6-7-22(25(32)24(19)31)38-13-9-18(10-14-38)37-29-34-11-4-12-35-29/h4-8,11-12,15,18,21H,9-10,13-14,16,33H2,1-3H3,(H,36,39)(H,40,41)(H,34,35,37)/t21-/m0/s1. The normalized spacial score (nSPS) is 14.8. The summed E-state index contributed by atoms with van der Waals surface area (Å²) >= 11 is 0. The number of carboxylic acids is 1. The molecule has 0 saturated carbocycles. The fourth-order valence-corrected chi connectivity index (χ4v) is 6.14. The van der Waals surface area contributed by atoms with Gasteiger partial charge in [0.15, 0.2) is 11.6 Å². The molecule has 1 aliphatic heterocycles. The highest BCUT2D eigenvalue weighted by Gasteiger charge is 2.32. The van der Waals surface area contributed by atoms with Crippen molar-refractivity contribution in [1.82, 2.24) is 15.3 Å². The second-order valence-corrected chi connectivity index (χ2v) is 13.2. The molecule has 0 radical (unpaired) electrons. The Morgan fingerprint density at radius 1 is 1.09 bits per heavy atom. The number of nitrogens with one attached hydrogen (secondary N) is 2. The number of carbonyl (C=O) groups excluding carboxylic acids is 2. The molecule has 13 nitrogen and oxygen atoms in total. The minimum absolute atomic E-state index is 0.0139. The predicted octanol–water partition coefficient (Wildman–Crippen LogP) is 2.82. The van der Waals surface area contributed by atoms with E-state index >= 15 is 8.78 Å². The molecule has 3 aromatic rings. The van der Waals surface area contributed by atoms with Crippen LogP contribution in [0.25, 0.3) is 0 Å². The molecule has 1 aromatic heterocycles. The van der Waals surface area contributed by atoms with E-state index < -0.39 is 68.1 Å². The van der Waals surface area contributed by atoms with Crippen molar-refractivity contribution in [2.75, 3.05) is 29.9 Å². The lowest BCUT2D eigenvalue weighted by atomic mass is 9.86. The monoisotopic (exact) mass is 660 g/mol. The number of aromatic carboxylic acids is 1. The molecule has 1 aliphatic rings. The van der Waals surface area contributed by atoms with Gasteiger partial charge < -0.3 is 30.6 Å². The molecule has 1 amide bonds. The number of carboxylic acid groups (broad SMARTS) is 1. The van der Waals surface area contributed by atoms with Crippen molar-refractivity contribution in [2.45, 2.75) is 56.0 Å². The Hall–Kier alpha value is -4.70. The Labute approximate surface area is 264 Å². The maximum atomic E-state index is 15.1. The van der Waals surface area contributed by atoms with E-state index in [1.165, 1.54) is 12.1 Å². The van der Waals surface area contributed by atoms with Crippen molar-refractivity contribution in [3.8, 4) is 0 Å². The number of rotatable bonds is 10. The first-order chi connectivity index (χ1) is 21.6. The number of aromatic nitrogens is 2. The molecule has 0 unspecified atom stereocenters. The lowest BCUT2D eigenvalue weighted by molar-refractivity contribution is -0.135. The fourth-order valence-electron chi connectivity index (χ4n) is 4.84. The van der Waals surface area contributed by atoms with Gasteiger partial charge in [-0.2, -0.15) is 8.42 Å². The van der Waals surface area contributed by atoms with Crippen molar-refractivity contribution in [2.24, 2.45) is 5.73 Å². The highest BCUT2D eigenvalue weighted by Crippen LogP contribution is 2.31. The van der Waals surface area contributed by atoms with Gasteiger partial charge in [0, 0.05) is 38.1 Å². The third-order valence-corrected chi connectivity index (χ3v) is 8.60. The smallest absolute Gasteiger partial charge is 0.342 e. The first-order valence-corrected chi connectivity index (χ1v) is 15.7. The summed E-state index contributed by atoms with van der Waals surface area (Å²) in [7, 11) is -4.76. The number of benzene rings is 2. The zero-order valence-electron chi connectivity index (χ0n) is 25.3. The molecule has 246 valence electrons. The van der Waals surface area contributed by atoms with Gasteiger partial charge in [0.05, 0.1) is 16.8 Å². The first-order valence-electron chi connectivity index (χ1n) is 14.2. The van der Waals surface area contributed by atoms with Crippen LogP contribution in [0.1, 0.15) is 59.9 Å². The molecule has 2 heterocycles. The molecular formula is C30H34F2N6O7S. The average Bonchev–Trinajstić information content (AvgIpc) is 3.01. The van der Waals surface area contributed by atoms with Gasteiger partial charge in [0.2, 0.25) is 5.95 Å². The van der Waals surface area contributed by atoms with Gasteiger partial charge in [-0.05, 0) is 60.2 Å². The highest BCUT2D eigenvalue weighted by atomic mass is 32.2. The lowest BCUT2D eigenvalue weighted by Crippen LogP contribution is -2.44. The third kappa shape index (κ3) is 7.92. The van der Waals surface area contributed by atoms with Crippen LogP contribution in [0.15, 0.2) is 53.7 Å². The van der Waals surface area contributed by atoms with Gasteiger partial charge in [-0.1, -0.05) is 20.8 Å². The summed E-state index contributed by atoms with van der Waals surface area (Å²) in [5.74, 6) is -5.93. The first kappa shape index (κ1) is 34.2. The molecular weight excluding hydrogens is 626 g/mol. The van der Waals surface area contributed by atoms with Crippen LogP contribution in [0.3, 0.4) is 0 Å². The van der Waals surface area contributed by atoms with Gasteiger partial charge in [-0.15, -0.1) is 0 Å². The van der Waals surface area contributed by atoms with Gasteiger partial charge in [0.25, 0.3) is 5.91 Å². The molecule has 0 bridgehead atoms. The number of piperidine rings is 1. The largest absolute Gasteiger partial charge is 0.478 e. The van der Waals surface area contributed by atoms with Crippen LogP contribution >= 0.6 is 0 Å². The van der Waals surface area contributed by atoms with Crippen molar-refractivity contribution in [3.63, 3.8) is 0 Å². The highest BCUT2D eigenvalue weighted by molar-refractivity contribution is 7.87. The van der Waals surface area contributed by atoms with E-state index in [2.05, 4.69) is 24.8 Å². The number of halogens is 2. The van der Waals surface area contributed by atoms with Crippen molar-refractivity contribution >= 4 is 39.6 Å². The van der Waals surface area contributed by atoms with E-state index in [1.54, 1.807) is 44.1 Å². The summed E-state index contributed by atoms with van der Waals surface area (Å²) in [4.78, 5) is 46.1. The van der Waals surface area contributed by atoms with Crippen LogP contribution in [-0.4, -0.2) is 73.1 Å². The predicted molar refractivity (Wildman–Crippen MR) is 163 cm³/mol. The number of hydrogen-bond donors (Lipinski definition) is 4. The van der Waals surface area contributed by atoms with E-state index in [1.807, 2.05) is 0 Å². The summed E-state index contributed by atoms with van der Waals surface area (Å²) in [6.07, 6.45) is 4.44. The summed E-state index contributed by atoms with van der Waals surface area (Å²) < 4.78 is 60.7. The number of hydrogen-bond acceptors (Lipinski definition) is 11. The summed E-state index contributed by atoms with van der Waals surface area (Å²) in [5.41, 5.74) is 4.17. The minimum atomic E-state index is -4.76. The van der Waals surface area contributed by atoms with Crippen LogP contribution in [0, 0.1) is 11.6 Å². The summed E-state index contributed by atoms with van der Waals surface area (Å²) in [6.45, 7) is 5.10. The Balaban J connectivity index is 1.36. The third-order valence-electron chi connectivity index (χ3n) is 7.32.